The summed E-state index contributed by atoms with van der Waals surface area (Å²) in [5, 5.41) is 3.24. The van der Waals surface area contributed by atoms with Gasteiger partial charge in [0.15, 0.2) is 5.82 Å². The summed E-state index contributed by atoms with van der Waals surface area (Å²) in [5.41, 5.74) is 0.657. The number of pyridine rings is 1. The van der Waals surface area contributed by atoms with Crippen molar-refractivity contribution in [3.63, 3.8) is 0 Å². The number of carbonyl (C=O) groups excluding carboxylic acids is 1. The first kappa shape index (κ1) is 21.4. The van der Waals surface area contributed by atoms with Crippen LogP contribution in [0.15, 0.2) is 35.4 Å². The molecule has 1 saturated heterocycles. The van der Waals surface area contributed by atoms with Gasteiger partial charge in [-0.05, 0) is 29.9 Å². The second-order valence-corrected chi connectivity index (χ2v) is 10.3. The molecule has 11 heteroatoms. The summed E-state index contributed by atoms with van der Waals surface area (Å²) in [7, 11) is 1.62. The van der Waals surface area contributed by atoms with E-state index >= 15 is 0 Å². The van der Waals surface area contributed by atoms with Gasteiger partial charge in [-0.2, -0.15) is 0 Å². The highest BCUT2D eigenvalue weighted by Crippen LogP contribution is 2.52. The van der Waals surface area contributed by atoms with E-state index in [9.17, 15) is 14.0 Å². The molecule has 2 aliphatic rings. The van der Waals surface area contributed by atoms with E-state index in [4.69, 9.17) is 23.2 Å². The number of nitrogens with one attached hydrogen (secondary N) is 1. The monoisotopic (exact) mass is 493 g/mol. The first-order valence-electron chi connectivity index (χ1n) is 9.99. The van der Waals surface area contributed by atoms with Crippen molar-refractivity contribution >= 4 is 46.4 Å². The Kier molecular flexibility index (Phi) is 5.43. The minimum atomic E-state index is -0.535. The van der Waals surface area contributed by atoms with Crippen molar-refractivity contribution in [1.29, 1.82) is 0 Å². The fourth-order valence-electron chi connectivity index (χ4n) is 4.40. The van der Waals surface area contributed by atoms with E-state index in [1.165, 1.54) is 34.2 Å². The van der Waals surface area contributed by atoms with Gasteiger partial charge in [-0.3, -0.25) is 19.1 Å². The topological polar surface area (TPSA) is 80.1 Å². The molecule has 4 heterocycles. The van der Waals surface area contributed by atoms with Gasteiger partial charge in [-0.15, -0.1) is 11.3 Å². The average Bonchev–Trinajstić information content (AvgIpc) is 3.06. The SMILES string of the molecule is Cn1c(NCC2C3CN(C(=O)c4cc(Cl)sc4Cl)CC23)nc(-c2ccncc2F)cc1=O. The van der Waals surface area contributed by atoms with Gasteiger partial charge in [0.25, 0.3) is 11.5 Å². The number of thiophene rings is 1. The Morgan fingerprint density at radius 2 is 2.06 bits per heavy atom. The van der Waals surface area contributed by atoms with E-state index < -0.39 is 5.82 Å². The molecular weight excluding hydrogens is 476 g/mol. The number of halogens is 3. The van der Waals surface area contributed by atoms with Crippen LogP contribution in [0.2, 0.25) is 8.67 Å². The number of nitrogens with zero attached hydrogens (tertiary/aromatic N) is 4. The predicted molar refractivity (Wildman–Crippen MR) is 122 cm³/mol. The number of piperidine rings is 1. The van der Waals surface area contributed by atoms with Gasteiger partial charge in [-0.1, -0.05) is 23.2 Å². The third-order valence-electron chi connectivity index (χ3n) is 6.22. The number of fused-ring (bicyclic) bond motifs is 1. The Hall–Kier alpha value is -2.49. The minimum Gasteiger partial charge on any atom is -0.355 e. The molecule has 7 nitrogen and oxygen atoms in total. The van der Waals surface area contributed by atoms with Gasteiger partial charge in [0.05, 0.1) is 21.8 Å². The van der Waals surface area contributed by atoms with Crippen LogP contribution >= 0.6 is 34.5 Å². The smallest absolute Gasteiger partial charge is 0.256 e. The van der Waals surface area contributed by atoms with Crippen molar-refractivity contribution < 1.29 is 9.18 Å². The third-order valence-corrected chi connectivity index (χ3v) is 7.71. The van der Waals surface area contributed by atoms with Crippen molar-refractivity contribution in [3.8, 4) is 11.3 Å². The van der Waals surface area contributed by atoms with E-state index in [0.717, 1.165) is 6.20 Å². The molecule has 5 rings (SSSR count). The molecule has 2 fully saturated rings. The number of aromatic nitrogens is 3. The van der Waals surface area contributed by atoms with Crippen LogP contribution in [0.25, 0.3) is 11.3 Å². The lowest BCUT2D eigenvalue weighted by Crippen LogP contribution is -2.32. The predicted octanol–water partition coefficient (Wildman–Crippen LogP) is 3.78. The summed E-state index contributed by atoms with van der Waals surface area (Å²) in [6.45, 7) is 1.94. The zero-order valence-corrected chi connectivity index (χ0v) is 19.2. The molecule has 1 N–H and O–H groups in total. The highest BCUT2D eigenvalue weighted by molar-refractivity contribution is 7.20. The van der Waals surface area contributed by atoms with Crippen LogP contribution in [-0.2, 0) is 7.05 Å². The van der Waals surface area contributed by atoms with Crippen molar-refractivity contribution in [1.82, 2.24) is 19.4 Å². The first-order valence-corrected chi connectivity index (χ1v) is 11.6. The molecule has 3 aromatic heterocycles. The second kappa shape index (κ2) is 8.13. The fraction of sp³-hybridized carbons (Fsp3) is 0.333. The maximum Gasteiger partial charge on any atom is 0.256 e. The quantitative estimate of drug-likeness (QED) is 0.584. The van der Waals surface area contributed by atoms with Gasteiger partial charge >= 0.3 is 0 Å². The number of amides is 1. The lowest BCUT2D eigenvalue weighted by molar-refractivity contribution is 0.0769. The molecule has 0 aromatic carbocycles. The van der Waals surface area contributed by atoms with Crippen LogP contribution in [0.5, 0.6) is 0 Å². The molecule has 0 spiro atoms. The van der Waals surface area contributed by atoms with E-state index in [0.29, 0.717) is 57.6 Å². The lowest BCUT2D eigenvalue weighted by Gasteiger charge is -2.20. The number of likely N-dealkylation sites (tertiary alicyclic amines) is 1. The van der Waals surface area contributed by atoms with Gasteiger partial charge in [0.1, 0.15) is 4.34 Å². The van der Waals surface area contributed by atoms with Crippen molar-refractivity contribution in [2.45, 2.75) is 0 Å². The number of carbonyl (C=O) groups is 1. The molecule has 1 aliphatic heterocycles. The van der Waals surface area contributed by atoms with Gasteiger partial charge in [-0.25, -0.2) is 9.37 Å². The van der Waals surface area contributed by atoms with Crippen LogP contribution in [0.1, 0.15) is 10.4 Å². The van der Waals surface area contributed by atoms with Crippen LogP contribution in [0.3, 0.4) is 0 Å². The van der Waals surface area contributed by atoms with Crippen molar-refractivity contribution in [2.24, 2.45) is 24.8 Å². The number of hydrogen-bond donors (Lipinski definition) is 1. The number of rotatable bonds is 5. The molecule has 0 bridgehead atoms. The molecular formula is C21H18Cl2FN5O2S. The molecule has 1 aliphatic carbocycles. The van der Waals surface area contributed by atoms with Gasteiger partial charge in [0, 0.05) is 44.5 Å². The van der Waals surface area contributed by atoms with Crippen LogP contribution in [0, 0.1) is 23.6 Å². The van der Waals surface area contributed by atoms with Crippen molar-refractivity contribution in [3.05, 3.63) is 61.0 Å². The van der Waals surface area contributed by atoms with Crippen LogP contribution < -0.4 is 10.9 Å². The Labute approximate surface area is 196 Å². The molecule has 1 amide bonds. The Morgan fingerprint density at radius 3 is 2.72 bits per heavy atom. The second-order valence-electron chi connectivity index (χ2n) is 8.04. The molecule has 3 aromatic rings. The van der Waals surface area contributed by atoms with Crippen LogP contribution in [-0.4, -0.2) is 45.0 Å². The van der Waals surface area contributed by atoms with Crippen molar-refractivity contribution in [2.75, 3.05) is 25.0 Å². The average molecular weight is 494 g/mol. The molecule has 32 heavy (non-hydrogen) atoms. The number of hydrogen-bond acceptors (Lipinski definition) is 6. The zero-order chi connectivity index (χ0) is 22.6. The van der Waals surface area contributed by atoms with E-state index in [1.54, 1.807) is 13.1 Å². The highest BCUT2D eigenvalue weighted by Gasteiger charge is 2.56. The van der Waals surface area contributed by atoms with Gasteiger partial charge in [0.2, 0.25) is 5.95 Å². The minimum absolute atomic E-state index is 0.0896. The summed E-state index contributed by atoms with van der Waals surface area (Å²) in [6.07, 6.45) is 2.55. The first-order chi connectivity index (χ1) is 15.3. The molecule has 1 saturated carbocycles. The van der Waals surface area contributed by atoms with E-state index in [2.05, 4.69) is 15.3 Å². The molecule has 166 valence electrons. The largest absolute Gasteiger partial charge is 0.355 e. The maximum absolute atomic E-state index is 14.1. The zero-order valence-electron chi connectivity index (χ0n) is 16.9. The highest BCUT2D eigenvalue weighted by atomic mass is 35.5. The van der Waals surface area contributed by atoms with E-state index in [-0.39, 0.29) is 22.7 Å². The Bertz CT molecular complexity index is 1270. The summed E-state index contributed by atoms with van der Waals surface area (Å²) in [4.78, 5) is 35.1. The number of anilines is 1. The molecule has 2 unspecified atom stereocenters. The van der Waals surface area contributed by atoms with E-state index in [1.807, 2.05) is 4.90 Å². The molecule has 2 atom stereocenters. The summed E-state index contributed by atoms with van der Waals surface area (Å²) >= 11 is 13.3. The standard InChI is InChI=1S/C21H18Cl2FN5O2S/c1-28-18(30)5-16(10-2-3-25-7-15(10)24)27-21(28)26-6-12-13-8-29(9-14(12)13)20(31)11-4-17(22)32-19(11)23/h2-5,7,12-14H,6,8-9H2,1H3,(H,26,27). The lowest BCUT2D eigenvalue weighted by atomic mass is 10.2. The Balaban J connectivity index is 1.24. The maximum atomic E-state index is 14.1. The Morgan fingerprint density at radius 1 is 1.31 bits per heavy atom. The summed E-state index contributed by atoms with van der Waals surface area (Å²) in [5.74, 6) is 0.899. The normalized spacial score (nSPS) is 21.5. The fourth-order valence-corrected chi connectivity index (χ4v) is 5.85. The van der Waals surface area contributed by atoms with Crippen LogP contribution in [0.4, 0.5) is 10.3 Å². The molecule has 0 radical (unpaired) electrons. The van der Waals surface area contributed by atoms with Gasteiger partial charge < -0.3 is 10.2 Å². The third kappa shape index (κ3) is 3.78. The summed E-state index contributed by atoms with van der Waals surface area (Å²) in [6, 6.07) is 4.41. The summed E-state index contributed by atoms with van der Waals surface area (Å²) < 4.78 is 16.4.